The standard InChI is InChI=1S/C10H10O3/c11-10(12)6-7-2-1-3-9-8(7)4-5-13-9/h1-3H,4-6H2,(H,11,12). The van der Waals surface area contributed by atoms with E-state index in [4.69, 9.17) is 9.84 Å². The molecule has 1 aliphatic rings. The molecule has 0 amide bonds. The molecule has 0 bridgehead atoms. The van der Waals surface area contributed by atoms with E-state index in [-0.39, 0.29) is 6.42 Å². The summed E-state index contributed by atoms with van der Waals surface area (Å²) in [4.78, 5) is 10.5. The molecule has 0 aromatic heterocycles. The van der Waals surface area contributed by atoms with Crippen LogP contribution in [-0.2, 0) is 17.6 Å². The molecule has 3 nitrogen and oxygen atoms in total. The molecular weight excluding hydrogens is 168 g/mol. The molecule has 1 aliphatic heterocycles. The van der Waals surface area contributed by atoms with Gasteiger partial charge in [-0.05, 0) is 11.6 Å². The van der Waals surface area contributed by atoms with Gasteiger partial charge in [-0.25, -0.2) is 0 Å². The Kier molecular flexibility index (Phi) is 1.93. The summed E-state index contributed by atoms with van der Waals surface area (Å²) in [6, 6.07) is 5.57. The smallest absolute Gasteiger partial charge is 0.307 e. The second-order valence-electron chi connectivity index (χ2n) is 3.06. The van der Waals surface area contributed by atoms with Crippen LogP contribution in [-0.4, -0.2) is 17.7 Å². The summed E-state index contributed by atoms with van der Waals surface area (Å²) in [5, 5.41) is 8.66. The Labute approximate surface area is 76.0 Å². The second kappa shape index (κ2) is 3.09. The molecule has 0 atom stereocenters. The van der Waals surface area contributed by atoms with Crippen molar-refractivity contribution >= 4 is 5.97 Å². The molecular formula is C10H10O3. The highest BCUT2D eigenvalue weighted by atomic mass is 16.5. The minimum absolute atomic E-state index is 0.0898. The summed E-state index contributed by atoms with van der Waals surface area (Å²) >= 11 is 0. The van der Waals surface area contributed by atoms with Gasteiger partial charge in [0.05, 0.1) is 13.0 Å². The van der Waals surface area contributed by atoms with Gasteiger partial charge >= 0.3 is 5.97 Å². The quantitative estimate of drug-likeness (QED) is 0.741. The highest BCUT2D eigenvalue weighted by Crippen LogP contribution is 2.28. The van der Waals surface area contributed by atoms with Gasteiger partial charge < -0.3 is 9.84 Å². The zero-order valence-electron chi connectivity index (χ0n) is 7.12. The maximum absolute atomic E-state index is 10.5. The summed E-state index contributed by atoms with van der Waals surface area (Å²) < 4.78 is 5.33. The first-order valence-electron chi connectivity index (χ1n) is 4.23. The lowest BCUT2D eigenvalue weighted by Gasteiger charge is -2.03. The molecule has 1 aromatic carbocycles. The minimum atomic E-state index is -0.791. The molecule has 2 rings (SSSR count). The number of rotatable bonds is 2. The van der Waals surface area contributed by atoms with Crippen LogP contribution in [0.3, 0.4) is 0 Å². The van der Waals surface area contributed by atoms with Crippen molar-refractivity contribution < 1.29 is 14.6 Å². The van der Waals surface area contributed by atoms with Crippen molar-refractivity contribution in [1.82, 2.24) is 0 Å². The largest absolute Gasteiger partial charge is 0.493 e. The molecule has 0 saturated heterocycles. The van der Waals surface area contributed by atoms with Crippen LogP contribution >= 0.6 is 0 Å². The van der Waals surface area contributed by atoms with E-state index >= 15 is 0 Å². The summed E-state index contributed by atoms with van der Waals surface area (Å²) in [5.41, 5.74) is 1.94. The lowest BCUT2D eigenvalue weighted by atomic mass is 10.0. The van der Waals surface area contributed by atoms with Gasteiger partial charge in [-0.1, -0.05) is 12.1 Å². The number of carbonyl (C=O) groups is 1. The SMILES string of the molecule is O=C(O)Cc1cccc2c1CCO2. The van der Waals surface area contributed by atoms with Crippen LogP contribution in [0.15, 0.2) is 18.2 Å². The number of ether oxygens (including phenoxy) is 1. The zero-order chi connectivity index (χ0) is 9.26. The molecule has 13 heavy (non-hydrogen) atoms. The van der Waals surface area contributed by atoms with E-state index in [0.29, 0.717) is 6.61 Å². The number of carboxylic acid groups (broad SMARTS) is 1. The van der Waals surface area contributed by atoms with Crippen LogP contribution < -0.4 is 4.74 Å². The van der Waals surface area contributed by atoms with Crippen molar-refractivity contribution in [2.75, 3.05) is 6.61 Å². The summed E-state index contributed by atoms with van der Waals surface area (Å²) in [5.74, 6) is 0.0547. The summed E-state index contributed by atoms with van der Waals surface area (Å²) in [6.07, 6.45) is 0.922. The number of fused-ring (bicyclic) bond motifs is 1. The lowest BCUT2D eigenvalue weighted by molar-refractivity contribution is -0.136. The fourth-order valence-electron chi connectivity index (χ4n) is 1.62. The van der Waals surface area contributed by atoms with E-state index in [1.165, 1.54) is 0 Å². The average molecular weight is 178 g/mol. The molecule has 1 heterocycles. The normalized spacial score (nSPS) is 13.5. The Morgan fingerprint density at radius 3 is 3.15 bits per heavy atom. The number of hydrogen-bond acceptors (Lipinski definition) is 2. The van der Waals surface area contributed by atoms with Crippen molar-refractivity contribution in [3.63, 3.8) is 0 Å². The van der Waals surface area contributed by atoms with E-state index in [1.54, 1.807) is 0 Å². The molecule has 0 saturated carbocycles. The molecule has 1 N–H and O–H groups in total. The van der Waals surface area contributed by atoms with Crippen LogP contribution in [0.1, 0.15) is 11.1 Å². The predicted molar refractivity (Wildman–Crippen MR) is 47.0 cm³/mol. The average Bonchev–Trinajstić information content (AvgIpc) is 2.51. The maximum atomic E-state index is 10.5. The Morgan fingerprint density at radius 1 is 1.54 bits per heavy atom. The van der Waals surface area contributed by atoms with Crippen molar-refractivity contribution in [1.29, 1.82) is 0 Å². The molecule has 0 spiro atoms. The first-order valence-corrected chi connectivity index (χ1v) is 4.23. The summed E-state index contributed by atoms with van der Waals surface area (Å²) in [7, 11) is 0. The van der Waals surface area contributed by atoms with Gasteiger partial charge in [0, 0.05) is 12.0 Å². The zero-order valence-corrected chi connectivity index (χ0v) is 7.12. The van der Waals surface area contributed by atoms with Gasteiger partial charge in [0.1, 0.15) is 5.75 Å². The van der Waals surface area contributed by atoms with E-state index in [9.17, 15) is 4.79 Å². The molecule has 0 fully saturated rings. The van der Waals surface area contributed by atoms with Gasteiger partial charge in [0.2, 0.25) is 0 Å². The predicted octanol–water partition coefficient (Wildman–Crippen LogP) is 1.25. The minimum Gasteiger partial charge on any atom is -0.493 e. The topological polar surface area (TPSA) is 46.5 Å². The van der Waals surface area contributed by atoms with Crippen molar-refractivity contribution in [2.45, 2.75) is 12.8 Å². The number of hydrogen-bond donors (Lipinski definition) is 1. The van der Waals surface area contributed by atoms with Gasteiger partial charge in [0.25, 0.3) is 0 Å². The Hall–Kier alpha value is -1.51. The monoisotopic (exact) mass is 178 g/mol. The molecule has 1 aromatic rings. The van der Waals surface area contributed by atoms with Crippen LogP contribution in [0, 0.1) is 0 Å². The number of carboxylic acids is 1. The van der Waals surface area contributed by atoms with Gasteiger partial charge in [-0.15, -0.1) is 0 Å². The molecule has 68 valence electrons. The second-order valence-corrected chi connectivity index (χ2v) is 3.06. The van der Waals surface area contributed by atoms with Crippen LogP contribution in [0.2, 0.25) is 0 Å². The first kappa shape index (κ1) is 8.10. The van der Waals surface area contributed by atoms with E-state index in [1.807, 2.05) is 18.2 Å². The first-order chi connectivity index (χ1) is 6.27. The van der Waals surface area contributed by atoms with E-state index in [2.05, 4.69) is 0 Å². The van der Waals surface area contributed by atoms with Gasteiger partial charge in [-0.2, -0.15) is 0 Å². The molecule has 0 radical (unpaired) electrons. The number of benzene rings is 1. The van der Waals surface area contributed by atoms with Crippen molar-refractivity contribution in [3.05, 3.63) is 29.3 Å². The maximum Gasteiger partial charge on any atom is 0.307 e. The van der Waals surface area contributed by atoms with Crippen LogP contribution in [0.25, 0.3) is 0 Å². The Balaban J connectivity index is 2.36. The third kappa shape index (κ3) is 1.49. The van der Waals surface area contributed by atoms with Crippen LogP contribution in [0.5, 0.6) is 5.75 Å². The van der Waals surface area contributed by atoms with Crippen molar-refractivity contribution in [3.8, 4) is 5.75 Å². The summed E-state index contributed by atoms with van der Waals surface area (Å²) in [6.45, 7) is 0.673. The fraction of sp³-hybridized carbons (Fsp3) is 0.300. The van der Waals surface area contributed by atoms with Gasteiger partial charge in [0.15, 0.2) is 0 Å². The van der Waals surface area contributed by atoms with E-state index < -0.39 is 5.97 Å². The molecule has 3 heteroatoms. The third-order valence-electron chi connectivity index (χ3n) is 2.18. The highest BCUT2D eigenvalue weighted by Gasteiger charge is 2.16. The van der Waals surface area contributed by atoms with Gasteiger partial charge in [-0.3, -0.25) is 4.79 Å². The Morgan fingerprint density at radius 2 is 2.38 bits per heavy atom. The fourth-order valence-corrected chi connectivity index (χ4v) is 1.62. The van der Waals surface area contributed by atoms with E-state index in [0.717, 1.165) is 23.3 Å². The third-order valence-corrected chi connectivity index (χ3v) is 2.18. The van der Waals surface area contributed by atoms with Crippen molar-refractivity contribution in [2.24, 2.45) is 0 Å². The lowest BCUT2D eigenvalue weighted by Crippen LogP contribution is -2.02. The molecule has 0 unspecified atom stereocenters. The Bertz CT molecular complexity index is 344. The highest BCUT2D eigenvalue weighted by molar-refractivity contribution is 5.71. The molecule has 0 aliphatic carbocycles. The van der Waals surface area contributed by atoms with Crippen LogP contribution in [0.4, 0.5) is 0 Å². The number of aliphatic carboxylic acids is 1.